The molecule has 0 amide bonds. The van der Waals surface area contributed by atoms with E-state index < -0.39 is 10.0 Å². The number of hydrogen-bond acceptors (Lipinski definition) is 4. The first-order valence-corrected chi connectivity index (χ1v) is 8.08. The van der Waals surface area contributed by atoms with E-state index in [4.69, 9.17) is 22.5 Å². The largest absolute Gasteiger partial charge is 0.397 e. The van der Waals surface area contributed by atoms with Crippen LogP contribution in [0, 0.1) is 0 Å². The van der Waals surface area contributed by atoms with Crippen molar-refractivity contribution in [2.45, 2.75) is 11.4 Å². The van der Waals surface area contributed by atoms with Crippen LogP contribution in [-0.2, 0) is 16.6 Å². The smallest absolute Gasteiger partial charge is 0.238 e. The lowest BCUT2D eigenvalue weighted by atomic mass is 10.2. The molecule has 0 saturated carbocycles. The van der Waals surface area contributed by atoms with E-state index in [0.29, 0.717) is 22.9 Å². The molecule has 2 aromatic carbocycles. The fourth-order valence-electron chi connectivity index (χ4n) is 1.98. The minimum Gasteiger partial charge on any atom is -0.397 e. The second kappa shape index (κ2) is 5.93. The number of halogens is 1. The number of nitrogens with zero attached hydrogens (tertiary/aromatic N) is 1. The average Bonchev–Trinajstić information content (AvgIpc) is 2.40. The highest BCUT2D eigenvalue weighted by Gasteiger charge is 2.13. The molecule has 4 N–H and O–H groups in total. The summed E-state index contributed by atoms with van der Waals surface area (Å²) in [6, 6.07) is 11.8. The van der Waals surface area contributed by atoms with Crippen LogP contribution < -0.4 is 15.8 Å². The van der Waals surface area contributed by atoms with Crippen molar-refractivity contribution in [3.63, 3.8) is 0 Å². The van der Waals surface area contributed by atoms with Gasteiger partial charge in [-0.15, -0.1) is 0 Å². The number of nitrogens with two attached hydrogens (primary N) is 2. The van der Waals surface area contributed by atoms with Gasteiger partial charge in [0.15, 0.2) is 0 Å². The Morgan fingerprint density at radius 1 is 1.14 bits per heavy atom. The molecule has 0 bridgehead atoms. The van der Waals surface area contributed by atoms with E-state index in [2.05, 4.69) is 0 Å². The van der Waals surface area contributed by atoms with Gasteiger partial charge in [-0.25, -0.2) is 13.6 Å². The molecule has 7 heteroatoms. The first-order chi connectivity index (χ1) is 9.77. The van der Waals surface area contributed by atoms with Crippen LogP contribution in [0.3, 0.4) is 0 Å². The van der Waals surface area contributed by atoms with E-state index in [1.165, 1.54) is 18.2 Å². The van der Waals surface area contributed by atoms with E-state index in [1.807, 2.05) is 24.1 Å². The van der Waals surface area contributed by atoms with Gasteiger partial charge in [0.2, 0.25) is 10.0 Å². The lowest BCUT2D eigenvalue weighted by Crippen LogP contribution is -2.19. The number of hydrogen-bond donors (Lipinski definition) is 2. The molecule has 112 valence electrons. The van der Waals surface area contributed by atoms with E-state index >= 15 is 0 Å². The van der Waals surface area contributed by atoms with Crippen LogP contribution in [0.15, 0.2) is 47.4 Å². The number of rotatable bonds is 4. The molecular formula is C14H16ClN3O2S. The van der Waals surface area contributed by atoms with Crippen LogP contribution in [-0.4, -0.2) is 15.5 Å². The second-order valence-electron chi connectivity index (χ2n) is 4.75. The zero-order valence-corrected chi connectivity index (χ0v) is 13.0. The molecule has 0 radical (unpaired) electrons. The van der Waals surface area contributed by atoms with Gasteiger partial charge in [0.25, 0.3) is 0 Å². The molecule has 0 heterocycles. The molecular weight excluding hydrogens is 310 g/mol. The third-order valence-corrected chi connectivity index (χ3v) is 4.24. The molecule has 21 heavy (non-hydrogen) atoms. The molecule has 5 nitrogen and oxygen atoms in total. The molecule has 2 aromatic rings. The average molecular weight is 326 g/mol. The maximum Gasteiger partial charge on any atom is 0.238 e. The fourth-order valence-corrected chi connectivity index (χ4v) is 2.64. The third kappa shape index (κ3) is 3.87. The predicted octanol–water partition coefficient (Wildman–Crippen LogP) is 2.21. The van der Waals surface area contributed by atoms with Gasteiger partial charge in [-0.1, -0.05) is 23.7 Å². The van der Waals surface area contributed by atoms with Gasteiger partial charge in [-0.2, -0.15) is 0 Å². The fraction of sp³-hybridized carbons (Fsp3) is 0.143. The lowest BCUT2D eigenvalue weighted by Gasteiger charge is -2.22. The second-order valence-corrected chi connectivity index (χ2v) is 6.75. The number of sulfonamides is 1. The van der Waals surface area contributed by atoms with Gasteiger partial charge in [-0.05, 0) is 35.9 Å². The Labute approximate surface area is 129 Å². The molecule has 0 spiro atoms. The first-order valence-electron chi connectivity index (χ1n) is 6.15. The minimum atomic E-state index is -3.75. The highest BCUT2D eigenvalue weighted by molar-refractivity contribution is 7.89. The summed E-state index contributed by atoms with van der Waals surface area (Å²) in [4.78, 5) is 1.89. The molecule has 0 unspecified atom stereocenters. The SMILES string of the molecule is CN(Cc1ccc(Cl)cc1)c1cc(S(N)(=O)=O)ccc1N. The lowest BCUT2D eigenvalue weighted by molar-refractivity contribution is 0.598. The number of benzene rings is 2. The Bertz CT molecular complexity index is 745. The van der Waals surface area contributed by atoms with Gasteiger partial charge >= 0.3 is 0 Å². The summed E-state index contributed by atoms with van der Waals surface area (Å²) in [6.45, 7) is 0.565. The number of primary sulfonamides is 1. The Morgan fingerprint density at radius 3 is 2.33 bits per heavy atom. The summed E-state index contributed by atoms with van der Waals surface area (Å²) in [6.07, 6.45) is 0. The van der Waals surface area contributed by atoms with Crippen LogP contribution in [0.4, 0.5) is 11.4 Å². The van der Waals surface area contributed by atoms with Gasteiger partial charge in [-0.3, -0.25) is 0 Å². The molecule has 0 aliphatic heterocycles. The van der Waals surface area contributed by atoms with Crippen LogP contribution >= 0.6 is 11.6 Å². The van der Waals surface area contributed by atoms with Gasteiger partial charge in [0, 0.05) is 18.6 Å². The van der Waals surface area contributed by atoms with E-state index in [1.54, 1.807) is 12.1 Å². The van der Waals surface area contributed by atoms with Crippen LogP contribution in [0.5, 0.6) is 0 Å². The molecule has 0 atom stereocenters. The molecule has 0 aliphatic rings. The standard InChI is InChI=1S/C14H16ClN3O2S/c1-18(9-10-2-4-11(15)5-3-10)14-8-12(21(17,19)20)6-7-13(14)16/h2-8H,9,16H2,1H3,(H2,17,19,20). The predicted molar refractivity (Wildman–Crippen MR) is 85.8 cm³/mol. The summed E-state index contributed by atoms with van der Waals surface area (Å²) in [5.74, 6) is 0. The zero-order valence-electron chi connectivity index (χ0n) is 11.5. The normalized spacial score (nSPS) is 11.4. The van der Waals surface area contributed by atoms with Crippen molar-refractivity contribution in [1.29, 1.82) is 0 Å². The highest BCUT2D eigenvalue weighted by Crippen LogP contribution is 2.26. The van der Waals surface area contributed by atoms with Crippen molar-refractivity contribution < 1.29 is 8.42 Å². The topological polar surface area (TPSA) is 89.4 Å². The Hall–Kier alpha value is -1.76. The Balaban J connectivity index is 2.30. The highest BCUT2D eigenvalue weighted by atomic mass is 35.5. The zero-order chi connectivity index (χ0) is 15.6. The molecule has 0 aromatic heterocycles. The third-order valence-electron chi connectivity index (χ3n) is 3.07. The van der Waals surface area contributed by atoms with Crippen molar-refractivity contribution in [2.24, 2.45) is 5.14 Å². The Morgan fingerprint density at radius 2 is 1.76 bits per heavy atom. The van der Waals surface area contributed by atoms with E-state index in [0.717, 1.165) is 5.56 Å². The van der Waals surface area contributed by atoms with Crippen molar-refractivity contribution in [1.82, 2.24) is 0 Å². The van der Waals surface area contributed by atoms with Crippen LogP contribution in [0.1, 0.15) is 5.56 Å². The summed E-state index contributed by atoms with van der Waals surface area (Å²) < 4.78 is 22.8. The molecule has 2 rings (SSSR count). The van der Waals surface area contributed by atoms with Crippen LogP contribution in [0.2, 0.25) is 5.02 Å². The number of nitrogen functional groups attached to an aromatic ring is 1. The summed E-state index contributed by atoms with van der Waals surface area (Å²) in [7, 11) is -1.93. The first kappa shape index (κ1) is 15.6. The number of anilines is 2. The minimum absolute atomic E-state index is 0.0367. The van der Waals surface area contributed by atoms with Gasteiger partial charge in [0.1, 0.15) is 0 Å². The quantitative estimate of drug-likeness (QED) is 0.843. The molecule has 0 aliphatic carbocycles. The van der Waals surface area contributed by atoms with Gasteiger partial charge < -0.3 is 10.6 Å². The van der Waals surface area contributed by atoms with Crippen LogP contribution in [0.25, 0.3) is 0 Å². The molecule has 0 fully saturated rings. The summed E-state index contributed by atoms with van der Waals surface area (Å²) >= 11 is 5.85. The van der Waals surface area contributed by atoms with Crippen molar-refractivity contribution >= 4 is 33.0 Å². The summed E-state index contributed by atoms with van der Waals surface area (Å²) in [5, 5.41) is 5.81. The van der Waals surface area contributed by atoms with Gasteiger partial charge in [0.05, 0.1) is 16.3 Å². The van der Waals surface area contributed by atoms with E-state index in [-0.39, 0.29) is 4.90 Å². The Kier molecular flexibility index (Phi) is 4.41. The molecule has 0 saturated heterocycles. The van der Waals surface area contributed by atoms with Crippen molar-refractivity contribution in [3.05, 3.63) is 53.1 Å². The van der Waals surface area contributed by atoms with Crippen molar-refractivity contribution in [2.75, 3.05) is 17.7 Å². The van der Waals surface area contributed by atoms with E-state index in [9.17, 15) is 8.42 Å². The van der Waals surface area contributed by atoms with Crippen molar-refractivity contribution in [3.8, 4) is 0 Å². The summed E-state index contributed by atoms with van der Waals surface area (Å²) in [5.41, 5.74) is 8.04. The monoisotopic (exact) mass is 325 g/mol. The maximum absolute atomic E-state index is 11.4. The maximum atomic E-state index is 11.4.